The van der Waals surface area contributed by atoms with Crippen molar-refractivity contribution >= 4 is 18.2 Å². The fourth-order valence-electron chi connectivity index (χ4n) is 2.32. The molecule has 3 aromatic rings. The molecule has 0 atom stereocenters. The van der Waals surface area contributed by atoms with Crippen molar-refractivity contribution in [3.63, 3.8) is 0 Å². The molecular weight excluding hydrogens is 336 g/mol. The third-order valence-corrected chi connectivity index (χ3v) is 3.72. The van der Waals surface area contributed by atoms with E-state index < -0.39 is 11.9 Å². The molecule has 1 aromatic heterocycles. The molecule has 0 radical (unpaired) electrons. The summed E-state index contributed by atoms with van der Waals surface area (Å²) in [7, 11) is 0. The lowest BCUT2D eigenvalue weighted by atomic mass is 10.1. The van der Waals surface area contributed by atoms with Gasteiger partial charge >= 0.3 is 11.9 Å². The molecule has 0 aliphatic heterocycles. The highest BCUT2D eigenvalue weighted by Crippen LogP contribution is 2.22. The third-order valence-electron chi connectivity index (χ3n) is 3.72. The molecule has 0 fully saturated rings. The number of furan rings is 1. The van der Waals surface area contributed by atoms with Crippen molar-refractivity contribution in [3.8, 4) is 11.3 Å². The summed E-state index contributed by atoms with van der Waals surface area (Å²) in [4.78, 5) is 33.6. The lowest BCUT2D eigenvalue weighted by Gasteiger charge is -2.06. The second-order valence-corrected chi connectivity index (χ2v) is 5.48. The first kappa shape index (κ1) is 17.2. The number of carboxylic acids is 1. The van der Waals surface area contributed by atoms with Crippen LogP contribution in [0, 0.1) is 0 Å². The van der Waals surface area contributed by atoms with Crippen molar-refractivity contribution in [2.75, 3.05) is 0 Å². The van der Waals surface area contributed by atoms with Crippen molar-refractivity contribution in [1.29, 1.82) is 0 Å². The van der Waals surface area contributed by atoms with Gasteiger partial charge in [-0.3, -0.25) is 4.79 Å². The monoisotopic (exact) mass is 350 g/mol. The number of carbonyl (C=O) groups is 3. The van der Waals surface area contributed by atoms with Gasteiger partial charge in [0.25, 0.3) is 0 Å². The number of carbonyl (C=O) groups excluding carboxylic acids is 2. The van der Waals surface area contributed by atoms with Crippen LogP contribution in [0.2, 0.25) is 0 Å². The van der Waals surface area contributed by atoms with E-state index in [2.05, 4.69) is 0 Å². The van der Waals surface area contributed by atoms with Gasteiger partial charge in [0.15, 0.2) is 12.0 Å². The maximum atomic E-state index is 12.1. The summed E-state index contributed by atoms with van der Waals surface area (Å²) >= 11 is 0. The van der Waals surface area contributed by atoms with E-state index in [0.717, 1.165) is 5.56 Å². The van der Waals surface area contributed by atoms with Crippen molar-refractivity contribution in [3.05, 3.63) is 83.1 Å². The van der Waals surface area contributed by atoms with Gasteiger partial charge in [0, 0.05) is 5.56 Å². The number of esters is 1. The minimum Gasteiger partial charge on any atom is -0.478 e. The van der Waals surface area contributed by atoms with Gasteiger partial charge in [0.2, 0.25) is 0 Å². The molecule has 26 heavy (non-hydrogen) atoms. The first-order valence-corrected chi connectivity index (χ1v) is 7.71. The Balaban J connectivity index is 1.62. The molecule has 3 rings (SSSR count). The molecule has 0 unspecified atom stereocenters. The molecule has 2 aromatic carbocycles. The van der Waals surface area contributed by atoms with E-state index in [1.165, 1.54) is 12.1 Å². The first-order chi connectivity index (χ1) is 12.6. The molecule has 6 nitrogen and oxygen atoms in total. The molecule has 0 amide bonds. The van der Waals surface area contributed by atoms with E-state index in [1.54, 1.807) is 48.5 Å². The molecule has 0 saturated heterocycles. The van der Waals surface area contributed by atoms with Crippen LogP contribution in [0.4, 0.5) is 0 Å². The number of rotatable bonds is 6. The Morgan fingerprint density at radius 1 is 0.923 bits per heavy atom. The minimum absolute atomic E-state index is 0.0430. The van der Waals surface area contributed by atoms with Crippen molar-refractivity contribution in [1.82, 2.24) is 0 Å². The molecule has 0 bridgehead atoms. The van der Waals surface area contributed by atoms with Crippen LogP contribution >= 0.6 is 0 Å². The van der Waals surface area contributed by atoms with Crippen LogP contribution < -0.4 is 0 Å². The van der Waals surface area contributed by atoms with Crippen molar-refractivity contribution in [2.45, 2.75) is 6.61 Å². The predicted octanol–water partition coefficient (Wildman–Crippen LogP) is 3.81. The third kappa shape index (κ3) is 3.87. The molecule has 0 aliphatic rings. The normalized spacial score (nSPS) is 10.3. The van der Waals surface area contributed by atoms with Crippen LogP contribution in [0.5, 0.6) is 0 Å². The van der Waals surface area contributed by atoms with E-state index in [9.17, 15) is 14.4 Å². The number of hydrogen-bond acceptors (Lipinski definition) is 5. The fourth-order valence-corrected chi connectivity index (χ4v) is 2.32. The van der Waals surface area contributed by atoms with E-state index in [-0.39, 0.29) is 17.9 Å². The van der Waals surface area contributed by atoms with Gasteiger partial charge in [-0.2, -0.15) is 0 Å². The molecule has 6 heteroatoms. The predicted molar refractivity (Wildman–Crippen MR) is 92.1 cm³/mol. The summed E-state index contributed by atoms with van der Waals surface area (Å²) in [6, 6.07) is 16.0. The molecular formula is C20H14O6. The van der Waals surface area contributed by atoms with Crippen LogP contribution in [-0.2, 0) is 11.3 Å². The standard InChI is InChI=1S/C20H14O6/c21-11-17-9-10-18(26-17)14-5-7-16(8-6-14)20(24)25-12-13-1-3-15(4-2-13)19(22)23/h1-11H,12H2,(H,22,23). The molecule has 130 valence electrons. The number of carboxylic acid groups (broad SMARTS) is 1. The number of aromatic carboxylic acids is 1. The minimum atomic E-state index is -1.01. The molecule has 1 heterocycles. The van der Waals surface area contributed by atoms with Gasteiger partial charge in [-0.05, 0) is 42.0 Å². The number of benzene rings is 2. The Labute approximate surface area is 148 Å². The molecule has 1 N–H and O–H groups in total. The summed E-state index contributed by atoms with van der Waals surface area (Å²) in [5.74, 6) is -0.736. The zero-order valence-electron chi connectivity index (χ0n) is 13.5. The van der Waals surface area contributed by atoms with E-state index in [1.807, 2.05) is 0 Å². The van der Waals surface area contributed by atoms with Crippen molar-refractivity contribution < 1.29 is 28.6 Å². The van der Waals surface area contributed by atoms with Crippen LogP contribution in [0.1, 0.15) is 36.8 Å². The van der Waals surface area contributed by atoms with Gasteiger partial charge in [0.1, 0.15) is 12.4 Å². The molecule has 0 aliphatic carbocycles. The smallest absolute Gasteiger partial charge is 0.338 e. The van der Waals surface area contributed by atoms with Gasteiger partial charge in [-0.15, -0.1) is 0 Å². The average molecular weight is 350 g/mol. The Morgan fingerprint density at radius 3 is 2.15 bits per heavy atom. The van der Waals surface area contributed by atoms with Crippen LogP contribution in [0.3, 0.4) is 0 Å². The van der Waals surface area contributed by atoms with Gasteiger partial charge in [-0.1, -0.05) is 24.3 Å². The first-order valence-electron chi connectivity index (χ1n) is 7.71. The summed E-state index contributed by atoms with van der Waals surface area (Å²) in [5, 5.41) is 8.85. The Hall–Kier alpha value is -3.67. The number of aldehydes is 1. The maximum Gasteiger partial charge on any atom is 0.338 e. The van der Waals surface area contributed by atoms with Gasteiger partial charge < -0.3 is 14.3 Å². The Kier molecular flexibility index (Phi) is 4.94. The summed E-state index contributed by atoms with van der Waals surface area (Å²) in [6.45, 7) is 0.0430. The highest BCUT2D eigenvalue weighted by molar-refractivity contribution is 5.90. The Bertz CT molecular complexity index is 935. The SMILES string of the molecule is O=Cc1ccc(-c2ccc(C(=O)OCc3ccc(C(=O)O)cc3)cc2)o1. The zero-order valence-corrected chi connectivity index (χ0v) is 13.5. The largest absolute Gasteiger partial charge is 0.478 e. The van der Waals surface area contributed by atoms with Crippen LogP contribution in [0.15, 0.2) is 65.1 Å². The molecule has 0 saturated carbocycles. The summed E-state index contributed by atoms with van der Waals surface area (Å²) in [5.41, 5.74) is 1.97. The highest BCUT2D eigenvalue weighted by atomic mass is 16.5. The summed E-state index contributed by atoms with van der Waals surface area (Å²) in [6.07, 6.45) is 0.623. The van der Waals surface area contributed by atoms with Crippen LogP contribution in [-0.4, -0.2) is 23.3 Å². The lowest BCUT2D eigenvalue weighted by Crippen LogP contribution is -2.05. The zero-order chi connectivity index (χ0) is 18.5. The quantitative estimate of drug-likeness (QED) is 0.536. The topological polar surface area (TPSA) is 93.8 Å². The van der Waals surface area contributed by atoms with Crippen molar-refractivity contribution in [2.24, 2.45) is 0 Å². The van der Waals surface area contributed by atoms with Gasteiger partial charge in [0.05, 0.1) is 11.1 Å². The lowest BCUT2D eigenvalue weighted by molar-refractivity contribution is 0.0472. The molecule has 0 spiro atoms. The van der Waals surface area contributed by atoms with Crippen LogP contribution in [0.25, 0.3) is 11.3 Å². The summed E-state index contributed by atoms with van der Waals surface area (Å²) < 4.78 is 10.6. The van der Waals surface area contributed by atoms with E-state index in [0.29, 0.717) is 23.2 Å². The van der Waals surface area contributed by atoms with E-state index >= 15 is 0 Å². The fraction of sp³-hybridized carbons (Fsp3) is 0.0500. The maximum absolute atomic E-state index is 12.1. The van der Waals surface area contributed by atoms with E-state index in [4.69, 9.17) is 14.3 Å². The number of ether oxygens (including phenoxy) is 1. The Morgan fingerprint density at radius 2 is 1.58 bits per heavy atom. The van der Waals surface area contributed by atoms with Gasteiger partial charge in [-0.25, -0.2) is 9.59 Å². The second-order valence-electron chi connectivity index (χ2n) is 5.48. The highest BCUT2D eigenvalue weighted by Gasteiger charge is 2.10. The number of hydrogen-bond donors (Lipinski definition) is 1. The average Bonchev–Trinajstić information content (AvgIpc) is 3.16. The second kappa shape index (κ2) is 7.48.